The van der Waals surface area contributed by atoms with Gasteiger partial charge >= 0.3 is 5.97 Å². The molecule has 0 bridgehead atoms. The molecule has 0 aliphatic heterocycles. The van der Waals surface area contributed by atoms with Gasteiger partial charge in [-0.2, -0.15) is 0 Å². The Morgan fingerprint density at radius 1 is 1.15 bits per heavy atom. The summed E-state index contributed by atoms with van der Waals surface area (Å²) >= 11 is 12.2. The molecule has 0 aliphatic rings. The van der Waals surface area contributed by atoms with Crippen LogP contribution < -0.4 is 10.2 Å². The van der Waals surface area contributed by atoms with Crippen LogP contribution in [0.2, 0.25) is 10.0 Å². The van der Waals surface area contributed by atoms with E-state index in [2.05, 4.69) is 0 Å². The molecule has 0 spiro atoms. The minimum absolute atomic E-state index is 0.110. The number of benzene rings is 2. The Morgan fingerprint density at radius 2 is 1.92 bits per heavy atom. The summed E-state index contributed by atoms with van der Waals surface area (Å²) in [6, 6.07) is 11.5. The average molecular weight is 393 g/mol. The van der Waals surface area contributed by atoms with Crippen LogP contribution in [-0.2, 0) is 9.53 Å². The molecule has 0 fully saturated rings. The number of hydrogen-bond donors (Lipinski definition) is 0. The second kappa shape index (κ2) is 7.81. The first-order valence-electron chi connectivity index (χ1n) is 7.81. The summed E-state index contributed by atoms with van der Waals surface area (Å²) < 4.78 is 16.2. The fourth-order valence-electron chi connectivity index (χ4n) is 2.44. The Bertz CT molecular complexity index is 1030. The van der Waals surface area contributed by atoms with Gasteiger partial charge in [0.15, 0.2) is 12.4 Å². The average Bonchev–Trinajstić information content (AvgIpc) is 2.61. The maximum atomic E-state index is 12.9. The van der Waals surface area contributed by atoms with Crippen LogP contribution in [-0.4, -0.2) is 19.2 Å². The number of para-hydroxylation sites is 1. The van der Waals surface area contributed by atoms with Crippen LogP contribution in [0.1, 0.15) is 6.92 Å². The first-order chi connectivity index (χ1) is 12.5. The van der Waals surface area contributed by atoms with E-state index in [1.807, 2.05) is 0 Å². The molecule has 26 heavy (non-hydrogen) atoms. The molecular formula is C19H14Cl2O5. The molecule has 3 rings (SSSR count). The highest BCUT2D eigenvalue weighted by molar-refractivity contribution is 6.36. The Labute approximate surface area is 159 Å². The molecule has 7 heteroatoms. The summed E-state index contributed by atoms with van der Waals surface area (Å²) in [5.74, 6) is -0.575. The van der Waals surface area contributed by atoms with E-state index in [9.17, 15) is 9.59 Å². The lowest BCUT2D eigenvalue weighted by molar-refractivity contribution is -0.145. The number of fused-ring (bicyclic) bond motifs is 1. The summed E-state index contributed by atoms with van der Waals surface area (Å²) in [7, 11) is 0. The largest absolute Gasteiger partial charge is 0.474 e. The normalized spacial score (nSPS) is 10.7. The van der Waals surface area contributed by atoms with Crippen LogP contribution in [0.3, 0.4) is 0 Å². The number of ether oxygens (including phenoxy) is 2. The lowest BCUT2D eigenvalue weighted by Gasteiger charge is -2.12. The quantitative estimate of drug-likeness (QED) is 0.588. The summed E-state index contributed by atoms with van der Waals surface area (Å²) in [5, 5.41) is 1.06. The van der Waals surface area contributed by atoms with Gasteiger partial charge in [0.05, 0.1) is 17.0 Å². The Balaban J connectivity index is 2.17. The first kappa shape index (κ1) is 18.3. The van der Waals surface area contributed by atoms with Crippen LogP contribution >= 0.6 is 23.2 Å². The van der Waals surface area contributed by atoms with Crippen molar-refractivity contribution in [3.63, 3.8) is 0 Å². The predicted octanol–water partition coefficient (Wildman–Crippen LogP) is 4.71. The van der Waals surface area contributed by atoms with Gasteiger partial charge in [-0.3, -0.25) is 4.79 Å². The Hall–Kier alpha value is -2.50. The highest BCUT2D eigenvalue weighted by Crippen LogP contribution is 2.36. The number of halogens is 2. The molecule has 0 unspecified atom stereocenters. The van der Waals surface area contributed by atoms with Crippen LogP contribution in [0, 0.1) is 0 Å². The monoisotopic (exact) mass is 392 g/mol. The van der Waals surface area contributed by atoms with Crippen molar-refractivity contribution < 1.29 is 18.7 Å². The fraction of sp³-hybridized carbons (Fsp3) is 0.158. The fourth-order valence-corrected chi connectivity index (χ4v) is 2.94. The smallest absolute Gasteiger partial charge is 0.344 e. The number of carbonyl (C=O) groups excluding carboxylic acids is 1. The number of esters is 1. The van der Waals surface area contributed by atoms with E-state index in [4.69, 9.17) is 37.1 Å². The molecular weight excluding hydrogens is 379 g/mol. The van der Waals surface area contributed by atoms with Crippen LogP contribution in [0.5, 0.6) is 5.75 Å². The number of hydrogen-bond acceptors (Lipinski definition) is 5. The van der Waals surface area contributed by atoms with E-state index in [1.54, 1.807) is 43.3 Å². The lowest BCUT2D eigenvalue weighted by atomic mass is 10.1. The molecule has 0 N–H and O–H groups in total. The lowest BCUT2D eigenvalue weighted by Crippen LogP contribution is -2.18. The van der Waals surface area contributed by atoms with Gasteiger partial charge in [0.2, 0.25) is 11.2 Å². The van der Waals surface area contributed by atoms with Crippen molar-refractivity contribution in [2.24, 2.45) is 0 Å². The summed E-state index contributed by atoms with van der Waals surface area (Å²) in [4.78, 5) is 24.5. The van der Waals surface area contributed by atoms with E-state index in [0.717, 1.165) is 0 Å². The van der Waals surface area contributed by atoms with Crippen molar-refractivity contribution in [2.45, 2.75) is 6.92 Å². The third-order valence-electron chi connectivity index (χ3n) is 3.57. The second-order valence-corrected chi connectivity index (χ2v) is 6.15. The first-order valence-corrected chi connectivity index (χ1v) is 8.56. The second-order valence-electron chi connectivity index (χ2n) is 5.30. The highest BCUT2D eigenvalue weighted by atomic mass is 35.5. The molecule has 2 aromatic carbocycles. The maximum absolute atomic E-state index is 12.9. The third-order valence-corrected chi connectivity index (χ3v) is 4.12. The molecule has 3 aromatic rings. The minimum atomic E-state index is -0.590. The molecule has 0 radical (unpaired) electrons. The molecule has 0 saturated carbocycles. The maximum Gasteiger partial charge on any atom is 0.344 e. The van der Waals surface area contributed by atoms with Crippen molar-refractivity contribution in [3.05, 3.63) is 62.7 Å². The van der Waals surface area contributed by atoms with Gasteiger partial charge in [0.1, 0.15) is 5.58 Å². The van der Waals surface area contributed by atoms with Crippen molar-refractivity contribution >= 4 is 40.1 Å². The van der Waals surface area contributed by atoms with Gasteiger partial charge in [-0.05, 0) is 37.3 Å². The summed E-state index contributed by atoms with van der Waals surface area (Å²) in [6.45, 7) is 1.47. The molecule has 1 heterocycles. The molecule has 0 saturated heterocycles. The van der Waals surface area contributed by atoms with Crippen LogP contribution in [0.4, 0.5) is 0 Å². The topological polar surface area (TPSA) is 65.7 Å². The van der Waals surface area contributed by atoms with Gasteiger partial charge in [0.25, 0.3) is 0 Å². The summed E-state index contributed by atoms with van der Waals surface area (Å²) in [5.41, 5.74) is 0.400. The van der Waals surface area contributed by atoms with Gasteiger partial charge in [-0.1, -0.05) is 35.3 Å². The molecule has 134 valence electrons. The zero-order valence-corrected chi connectivity index (χ0v) is 15.3. The predicted molar refractivity (Wildman–Crippen MR) is 100 cm³/mol. The van der Waals surface area contributed by atoms with Crippen LogP contribution in [0.15, 0.2) is 51.7 Å². The third kappa shape index (κ3) is 3.69. The SMILES string of the molecule is CCOC(=O)COc1c(-c2ccc(Cl)cc2Cl)oc2ccccc2c1=O. The number of rotatable bonds is 5. The van der Waals surface area contributed by atoms with Gasteiger partial charge in [-0.25, -0.2) is 4.79 Å². The Morgan fingerprint density at radius 3 is 2.65 bits per heavy atom. The highest BCUT2D eigenvalue weighted by Gasteiger charge is 2.20. The van der Waals surface area contributed by atoms with Crippen molar-refractivity contribution in [2.75, 3.05) is 13.2 Å². The van der Waals surface area contributed by atoms with Gasteiger partial charge < -0.3 is 13.9 Å². The molecule has 0 amide bonds. The van der Waals surface area contributed by atoms with Gasteiger partial charge in [0, 0.05) is 10.6 Å². The molecule has 1 aromatic heterocycles. The standard InChI is InChI=1S/C19H14Cl2O5/c1-2-24-16(22)10-25-19-17(23)13-5-3-4-6-15(13)26-18(19)12-8-7-11(20)9-14(12)21/h3-9H,2,10H2,1H3. The van der Waals surface area contributed by atoms with E-state index in [0.29, 0.717) is 21.6 Å². The van der Waals surface area contributed by atoms with E-state index in [-0.39, 0.29) is 23.1 Å². The van der Waals surface area contributed by atoms with Gasteiger partial charge in [-0.15, -0.1) is 0 Å². The minimum Gasteiger partial charge on any atom is -0.474 e. The van der Waals surface area contributed by atoms with Crippen molar-refractivity contribution in [1.82, 2.24) is 0 Å². The number of carbonyl (C=O) groups is 1. The molecule has 0 aliphatic carbocycles. The summed E-state index contributed by atoms with van der Waals surface area (Å²) in [6.07, 6.45) is 0. The van der Waals surface area contributed by atoms with E-state index < -0.39 is 18.0 Å². The van der Waals surface area contributed by atoms with Crippen molar-refractivity contribution in [3.8, 4) is 17.1 Å². The molecule has 5 nitrogen and oxygen atoms in total. The Kier molecular flexibility index (Phi) is 5.49. The zero-order valence-electron chi connectivity index (χ0n) is 13.8. The van der Waals surface area contributed by atoms with Crippen LogP contribution in [0.25, 0.3) is 22.3 Å². The van der Waals surface area contributed by atoms with Crippen molar-refractivity contribution in [1.29, 1.82) is 0 Å². The molecule has 0 atom stereocenters. The van der Waals surface area contributed by atoms with E-state index in [1.165, 1.54) is 6.07 Å². The van der Waals surface area contributed by atoms with E-state index >= 15 is 0 Å². The zero-order chi connectivity index (χ0) is 18.7.